The van der Waals surface area contributed by atoms with Gasteiger partial charge in [-0.1, -0.05) is 26.8 Å². The number of carbonyl (C=O) groups is 2. The number of carbonyl (C=O) groups excluding carboxylic acids is 1. The normalized spacial score (nSPS) is 16.0. The molecule has 1 aliphatic heterocycles. The van der Waals surface area contributed by atoms with Gasteiger partial charge in [0.1, 0.15) is 5.75 Å². The van der Waals surface area contributed by atoms with Crippen molar-refractivity contribution in [2.75, 3.05) is 17.4 Å². The van der Waals surface area contributed by atoms with E-state index in [1.807, 2.05) is 36.4 Å². The molecular formula is C27H31N3O4. The molecule has 7 nitrogen and oxygen atoms in total. The van der Waals surface area contributed by atoms with Crippen LogP contribution < -0.4 is 15.4 Å². The van der Waals surface area contributed by atoms with E-state index in [2.05, 4.69) is 42.0 Å². The summed E-state index contributed by atoms with van der Waals surface area (Å²) in [5, 5.41) is 16.4. The van der Waals surface area contributed by atoms with Gasteiger partial charge in [-0.2, -0.15) is 0 Å². The largest absolute Gasteiger partial charge is 0.481 e. The second-order valence-corrected chi connectivity index (χ2v) is 10.4. The van der Waals surface area contributed by atoms with E-state index in [1.165, 1.54) is 0 Å². The Balaban J connectivity index is 1.40. The molecule has 0 spiro atoms. The fraction of sp³-hybridized carbons (Fsp3) is 0.407. The zero-order valence-electron chi connectivity index (χ0n) is 19.9. The number of carboxylic acids is 1. The lowest BCUT2D eigenvalue weighted by molar-refractivity contribution is -0.137. The maximum absolute atomic E-state index is 13.3. The standard InChI is InChI=1S/C27H31N3O4/c1-26(2,3)23-14-17-13-19(7-9-21(17)30(23)12-4-5-24(31)32)29-25(33)27(10-11-27)18-6-8-20-22(15-18)34-16-28-20/h6-9,13-15,28H,4-5,10-12,16H2,1-3H3,(H,29,33)(H,31,32). The molecule has 1 saturated carbocycles. The Labute approximate surface area is 199 Å². The number of nitrogens with zero attached hydrogens (tertiary/aromatic N) is 1. The maximum Gasteiger partial charge on any atom is 0.303 e. The van der Waals surface area contributed by atoms with Gasteiger partial charge in [0.05, 0.1) is 11.1 Å². The van der Waals surface area contributed by atoms with Crippen molar-refractivity contribution in [1.29, 1.82) is 0 Å². The molecule has 34 heavy (non-hydrogen) atoms. The van der Waals surface area contributed by atoms with Crippen LogP contribution in [-0.2, 0) is 27.0 Å². The van der Waals surface area contributed by atoms with E-state index in [1.54, 1.807) is 0 Å². The lowest BCUT2D eigenvalue weighted by Gasteiger charge is -2.22. The van der Waals surface area contributed by atoms with Gasteiger partial charge in [0.2, 0.25) is 5.91 Å². The lowest BCUT2D eigenvalue weighted by atomic mass is 9.92. The van der Waals surface area contributed by atoms with Gasteiger partial charge in [-0.3, -0.25) is 9.59 Å². The number of aliphatic carboxylic acids is 1. The van der Waals surface area contributed by atoms with Crippen molar-refractivity contribution in [3.05, 3.63) is 53.7 Å². The highest BCUT2D eigenvalue weighted by Gasteiger charge is 2.51. The van der Waals surface area contributed by atoms with Crippen LogP contribution in [0.1, 0.15) is 57.7 Å². The Morgan fingerprint density at radius 2 is 1.94 bits per heavy atom. The summed E-state index contributed by atoms with van der Waals surface area (Å²) in [6, 6.07) is 14.1. The average Bonchev–Trinajstić information content (AvgIpc) is 3.31. The molecule has 5 rings (SSSR count). The molecule has 0 unspecified atom stereocenters. The fourth-order valence-corrected chi connectivity index (χ4v) is 4.90. The van der Waals surface area contributed by atoms with Crippen LogP contribution in [0.15, 0.2) is 42.5 Å². The van der Waals surface area contributed by atoms with E-state index in [0.717, 1.165) is 52.1 Å². The van der Waals surface area contributed by atoms with Crippen molar-refractivity contribution in [3.8, 4) is 5.75 Å². The highest BCUT2D eigenvalue weighted by Crippen LogP contribution is 2.51. The van der Waals surface area contributed by atoms with Crippen molar-refractivity contribution >= 4 is 34.2 Å². The Morgan fingerprint density at radius 3 is 2.65 bits per heavy atom. The number of aryl methyl sites for hydroxylation is 1. The maximum atomic E-state index is 13.3. The summed E-state index contributed by atoms with van der Waals surface area (Å²) in [6.07, 6.45) is 2.36. The van der Waals surface area contributed by atoms with Gasteiger partial charge in [-0.25, -0.2) is 0 Å². The Kier molecular flexibility index (Phi) is 5.30. The molecule has 1 amide bonds. The van der Waals surface area contributed by atoms with Crippen LogP contribution >= 0.6 is 0 Å². The Bertz CT molecular complexity index is 1280. The second-order valence-electron chi connectivity index (χ2n) is 10.4. The molecular weight excluding hydrogens is 430 g/mol. The molecule has 178 valence electrons. The molecule has 1 aromatic heterocycles. The first-order valence-electron chi connectivity index (χ1n) is 11.9. The highest BCUT2D eigenvalue weighted by atomic mass is 16.5. The van der Waals surface area contributed by atoms with Gasteiger partial charge >= 0.3 is 5.97 Å². The van der Waals surface area contributed by atoms with Crippen molar-refractivity contribution < 1.29 is 19.4 Å². The van der Waals surface area contributed by atoms with Gasteiger partial charge in [0, 0.05) is 40.7 Å². The number of benzene rings is 2. The highest BCUT2D eigenvalue weighted by molar-refractivity contribution is 6.02. The summed E-state index contributed by atoms with van der Waals surface area (Å²) in [7, 11) is 0. The number of anilines is 2. The van der Waals surface area contributed by atoms with Crippen LogP contribution in [0, 0.1) is 0 Å². The number of hydrogen-bond donors (Lipinski definition) is 3. The summed E-state index contributed by atoms with van der Waals surface area (Å²) in [5.74, 6) is 0.0330. The molecule has 0 atom stereocenters. The monoisotopic (exact) mass is 461 g/mol. The predicted octanol–water partition coefficient (Wildman–Crippen LogP) is 5.24. The number of carboxylic acid groups (broad SMARTS) is 1. The van der Waals surface area contributed by atoms with E-state index in [9.17, 15) is 9.59 Å². The van der Waals surface area contributed by atoms with Crippen LogP contribution in [0.25, 0.3) is 10.9 Å². The van der Waals surface area contributed by atoms with E-state index in [4.69, 9.17) is 9.84 Å². The van der Waals surface area contributed by atoms with Crippen LogP contribution in [-0.4, -0.2) is 28.3 Å². The van der Waals surface area contributed by atoms with Crippen molar-refractivity contribution in [3.63, 3.8) is 0 Å². The molecule has 0 bridgehead atoms. The number of aromatic nitrogens is 1. The number of hydrogen-bond acceptors (Lipinski definition) is 4. The van der Waals surface area contributed by atoms with E-state index in [-0.39, 0.29) is 17.7 Å². The molecule has 0 radical (unpaired) electrons. The van der Waals surface area contributed by atoms with Gasteiger partial charge in [-0.05, 0) is 61.2 Å². The predicted molar refractivity (Wildman–Crippen MR) is 133 cm³/mol. The molecule has 3 N–H and O–H groups in total. The van der Waals surface area contributed by atoms with Crippen LogP contribution in [0.4, 0.5) is 11.4 Å². The average molecular weight is 462 g/mol. The molecule has 2 aromatic carbocycles. The molecule has 3 aromatic rings. The first-order valence-corrected chi connectivity index (χ1v) is 11.9. The minimum atomic E-state index is -0.779. The summed E-state index contributed by atoms with van der Waals surface area (Å²) >= 11 is 0. The number of amides is 1. The summed E-state index contributed by atoms with van der Waals surface area (Å²) in [5.41, 5.74) is 4.34. The molecule has 2 aliphatic rings. The molecule has 1 aliphatic carbocycles. The molecule has 1 fully saturated rings. The number of nitrogens with one attached hydrogen (secondary N) is 2. The van der Waals surface area contributed by atoms with Crippen LogP contribution in [0.5, 0.6) is 5.75 Å². The summed E-state index contributed by atoms with van der Waals surface area (Å²) in [6.45, 7) is 7.58. The number of ether oxygens (including phenoxy) is 1. The van der Waals surface area contributed by atoms with E-state index in [0.29, 0.717) is 19.7 Å². The minimum Gasteiger partial charge on any atom is -0.481 e. The van der Waals surface area contributed by atoms with Gasteiger partial charge in [-0.15, -0.1) is 0 Å². The number of rotatable bonds is 7. The van der Waals surface area contributed by atoms with Gasteiger partial charge in [0.25, 0.3) is 0 Å². The quantitative estimate of drug-likeness (QED) is 0.448. The van der Waals surface area contributed by atoms with Crippen molar-refractivity contribution in [2.24, 2.45) is 0 Å². The zero-order chi connectivity index (χ0) is 24.1. The minimum absolute atomic E-state index is 0.00897. The smallest absolute Gasteiger partial charge is 0.303 e. The van der Waals surface area contributed by atoms with Crippen molar-refractivity contribution in [1.82, 2.24) is 4.57 Å². The molecule has 7 heteroatoms. The Morgan fingerprint density at radius 1 is 1.15 bits per heavy atom. The third kappa shape index (κ3) is 4.00. The van der Waals surface area contributed by atoms with Crippen LogP contribution in [0.2, 0.25) is 0 Å². The van der Waals surface area contributed by atoms with Crippen molar-refractivity contribution in [2.45, 2.75) is 63.8 Å². The topological polar surface area (TPSA) is 92.6 Å². The second kappa shape index (κ2) is 8.08. The Hall–Kier alpha value is -3.48. The van der Waals surface area contributed by atoms with E-state index >= 15 is 0 Å². The summed E-state index contributed by atoms with van der Waals surface area (Å²) in [4.78, 5) is 24.3. The first-order chi connectivity index (χ1) is 16.2. The third-order valence-corrected chi connectivity index (χ3v) is 6.91. The molecule has 0 saturated heterocycles. The van der Waals surface area contributed by atoms with Crippen LogP contribution in [0.3, 0.4) is 0 Å². The lowest BCUT2D eigenvalue weighted by Crippen LogP contribution is -2.27. The first kappa shape index (κ1) is 22.3. The third-order valence-electron chi connectivity index (χ3n) is 6.91. The fourth-order valence-electron chi connectivity index (χ4n) is 4.90. The van der Waals surface area contributed by atoms with Gasteiger partial charge in [0.15, 0.2) is 6.73 Å². The number of fused-ring (bicyclic) bond motifs is 2. The van der Waals surface area contributed by atoms with E-state index < -0.39 is 11.4 Å². The SMILES string of the molecule is CC(C)(C)c1cc2cc(NC(=O)C3(c4ccc5c(c4)OCN5)CC3)ccc2n1CCCC(=O)O. The van der Waals surface area contributed by atoms with Gasteiger partial charge < -0.3 is 25.0 Å². The summed E-state index contributed by atoms with van der Waals surface area (Å²) < 4.78 is 7.83. The molecule has 2 heterocycles. The zero-order valence-corrected chi connectivity index (χ0v) is 19.9.